The van der Waals surface area contributed by atoms with Crippen LogP contribution in [0.1, 0.15) is 44.4 Å². The van der Waals surface area contributed by atoms with Gasteiger partial charge in [0, 0.05) is 12.3 Å². The lowest BCUT2D eigenvalue weighted by atomic mass is 9.97. The number of carbonyl (C=O) groups excluding carboxylic acids is 1. The van der Waals surface area contributed by atoms with Crippen LogP contribution in [0.3, 0.4) is 0 Å². The minimum atomic E-state index is -2.78. The van der Waals surface area contributed by atoms with Gasteiger partial charge in [0.15, 0.2) is 0 Å². The lowest BCUT2D eigenvalue weighted by Crippen LogP contribution is -2.67. The van der Waals surface area contributed by atoms with Crippen LogP contribution in [0.4, 0.5) is 0 Å². The molecule has 210 valence electrons. The highest BCUT2D eigenvalue weighted by atomic mass is 28.4. The fraction of sp³-hybridized carbons (Fsp3) is 0.306. The SMILES string of the molecule is CC(C)(C)[Si](OC[C@H]1[C@H](c2ccccc2)O[C@@H]2C[C@@H](Cc3ccccc3)C(=O)N21)(c1ccccc1)c1ccccc1. The van der Waals surface area contributed by atoms with Gasteiger partial charge in [-0.3, -0.25) is 4.79 Å². The maximum Gasteiger partial charge on any atom is 0.261 e. The molecule has 0 aromatic heterocycles. The molecule has 2 fully saturated rings. The summed E-state index contributed by atoms with van der Waals surface area (Å²) in [5.41, 5.74) is 2.28. The van der Waals surface area contributed by atoms with Crippen LogP contribution in [0.5, 0.6) is 0 Å². The quantitative estimate of drug-likeness (QED) is 0.243. The van der Waals surface area contributed by atoms with E-state index in [4.69, 9.17) is 9.16 Å². The molecule has 2 saturated heterocycles. The molecule has 41 heavy (non-hydrogen) atoms. The number of hydrogen-bond acceptors (Lipinski definition) is 3. The van der Waals surface area contributed by atoms with Crippen LogP contribution in [-0.4, -0.2) is 38.0 Å². The Labute approximate surface area is 245 Å². The van der Waals surface area contributed by atoms with Crippen molar-refractivity contribution in [3.63, 3.8) is 0 Å². The van der Waals surface area contributed by atoms with E-state index in [1.165, 1.54) is 15.9 Å². The predicted molar refractivity (Wildman–Crippen MR) is 167 cm³/mol. The monoisotopic (exact) mass is 561 g/mol. The summed E-state index contributed by atoms with van der Waals surface area (Å²) >= 11 is 0. The third kappa shape index (κ3) is 5.18. The zero-order valence-electron chi connectivity index (χ0n) is 24.1. The van der Waals surface area contributed by atoms with E-state index in [2.05, 4.69) is 106 Å². The maximum absolute atomic E-state index is 14.0. The fourth-order valence-electron chi connectivity index (χ4n) is 6.87. The molecule has 6 rings (SSSR count). The Bertz CT molecular complexity index is 1400. The van der Waals surface area contributed by atoms with E-state index >= 15 is 0 Å². The summed E-state index contributed by atoms with van der Waals surface area (Å²) in [5.74, 6) is 0.0859. The third-order valence-corrected chi connectivity index (χ3v) is 13.8. The first kappa shape index (κ1) is 27.6. The summed E-state index contributed by atoms with van der Waals surface area (Å²) in [7, 11) is -2.78. The first-order valence-corrected chi connectivity index (χ1v) is 16.6. The Morgan fingerprint density at radius 1 is 0.780 bits per heavy atom. The molecule has 0 N–H and O–H groups in total. The number of fused-ring (bicyclic) bond motifs is 1. The molecule has 0 bridgehead atoms. The Morgan fingerprint density at radius 2 is 1.29 bits per heavy atom. The average molecular weight is 562 g/mol. The van der Waals surface area contributed by atoms with Gasteiger partial charge in [0.1, 0.15) is 12.3 Å². The van der Waals surface area contributed by atoms with E-state index in [9.17, 15) is 4.79 Å². The van der Waals surface area contributed by atoms with E-state index in [1.54, 1.807) is 0 Å². The Balaban J connectivity index is 1.37. The lowest BCUT2D eigenvalue weighted by Gasteiger charge is -2.44. The first-order chi connectivity index (χ1) is 19.9. The number of benzene rings is 4. The van der Waals surface area contributed by atoms with E-state index in [0.29, 0.717) is 13.0 Å². The summed E-state index contributed by atoms with van der Waals surface area (Å²) in [6, 6.07) is 41.8. The summed E-state index contributed by atoms with van der Waals surface area (Å²) < 4.78 is 14.1. The smallest absolute Gasteiger partial charge is 0.261 e. The van der Waals surface area contributed by atoms with Gasteiger partial charge in [-0.25, -0.2) is 0 Å². The number of rotatable bonds is 8. The Morgan fingerprint density at radius 3 is 1.83 bits per heavy atom. The molecule has 2 aliphatic heterocycles. The van der Waals surface area contributed by atoms with Crippen molar-refractivity contribution in [1.82, 2.24) is 4.90 Å². The van der Waals surface area contributed by atoms with Gasteiger partial charge < -0.3 is 14.1 Å². The molecule has 2 aliphatic rings. The summed E-state index contributed by atoms with van der Waals surface area (Å²) in [6.45, 7) is 7.28. The van der Waals surface area contributed by atoms with Gasteiger partial charge in [-0.2, -0.15) is 0 Å². The van der Waals surface area contributed by atoms with Gasteiger partial charge >= 0.3 is 0 Å². The van der Waals surface area contributed by atoms with Gasteiger partial charge in [-0.1, -0.05) is 142 Å². The molecule has 0 unspecified atom stereocenters. The topological polar surface area (TPSA) is 38.8 Å². The normalized spacial score (nSPS) is 22.6. The molecule has 1 amide bonds. The largest absolute Gasteiger partial charge is 0.405 e. The van der Waals surface area contributed by atoms with Gasteiger partial charge in [0.25, 0.3) is 8.32 Å². The van der Waals surface area contributed by atoms with Crippen molar-refractivity contribution in [3.05, 3.63) is 132 Å². The fourth-order valence-corrected chi connectivity index (χ4v) is 11.4. The predicted octanol–water partition coefficient (Wildman–Crippen LogP) is 6.12. The number of carbonyl (C=O) groups is 1. The van der Waals surface area contributed by atoms with Crippen LogP contribution in [0.2, 0.25) is 5.04 Å². The minimum absolute atomic E-state index is 0.0884. The molecule has 0 saturated carbocycles. The summed E-state index contributed by atoms with van der Waals surface area (Å²) in [6.07, 6.45) is 0.955. The standard InChI is InChI=1S/C36H39NO3Si/c1-36(2,3)41(30-20-12-6-13-21-30,31-22-14-7-15-23-31)39-26-32-34(28-18-10-5-11-19-28)40-33-25-29(35(38)37(32)33)24-27-16-8-4-9-17-27/h4-23,29,32-34H,24-26H2,1-3H3/t29-,32+,33-,34+/m1/s1. The van der Waals surface area contributed by atoms with Crippen molar-refractivity contribution in [3.8, 4) is 0 Å². The molecular formula is C36H39NO3Si. The van der Waals surface area contributed by atoms with E-state index in [-0.39, 0.29) is 35.2 Å². The number of ether oxygens (including phenoxy) is 1. The number of nitrogens with zero attached hydrogens (tertiary/aromatic N) is 1. The Hall–Kier alpha value is -3.51. The minimum Gasteiger partial charge on any atom is -0.405 e. The number of amides is 1. The molecule has 4 atom stereocenters. The van der Waals surface area contributed by atoms with E-state index in [1.807, 2.05) is 41.3 Å². The highest BCUT2D eigenvalue weighted by Gasteiger charge is 2.55. The molecule has 2 heterocycles. The van der Waals surface area contributed by atoms with Crippen LogP contribution in [0.25, 0.3) is 0 Å². The molecule has 0 spiro atoms. The van der Waals surface area contributed by atoms with Gasteiger partial charge in [0.05, 0.1) is 12.6 Å². The highest BCUT2D eigenvalue weighted by molar-refractivity contribution is 6.99. The lowest BCUT2D eigenvalue weighted by molar-refractivity contribution is -0.134. The van der Waals surface area contributed by atoms with Crippen LogP contribution >= 0.6 is 0 Å². The van der Waals surface area contributed by atoms with Gasteiger partial charge in [-0.15, -0.1) is 0 Å². The Kier molecular flexibility index (Phi) is 7.69. The van der Waals surface area contributed by atoms with Crippen molar-refractivity contribution in [2.24, 2.45) is 5.92 Å². The molecular weight excluding hydrogens is 522 g/mol. The zero-order chi connectivity index (χ0) is 28.5. The van der Waals surface area contributed by atoms with E-state index in [0.717, 1.165) is 12.0 Å². The summed E-state index contributed by atoms with van der Waals surface area (Å²) in [4.78, 5) is 16.1. The van der Waals surface area contributed by atoms with Crippen LogP contribution < -0.4 is 10.4 Å². The second-order valence-electron chi connectivity index (χ2n) is 12.3. The maximum atomic E-state index is 14.0. The molecule has 4 aromatic carbocycles. The second kappa shape index (κ2) is 11.4. The molecule has 0 radical (unpaired) electrons. The van der Waals surface area contributed by atoms with Crippen LogP contribution in [-0.2, 0) is 20.4 Å². The molecule has 5 heteroatoms. The molecule has 4 aromatic rings. The van der Waals surface area contributed by atoms with Crippen molar-refractivity contribution in [1.29, 1.82) is 0 Å². The highest BCUT2D eigenvalue weighted by Crippen LogP contribution is 2.44. The van der Waals surface area contributed by atoms with Crippen molar-refractivity contribution in [2.45, 2.75) is 57.0 Å². The van der Waals surface area contributed by atoms with Crippen molar-refractivity contribution >= 4 is 24.6 Å². The second-order valence-corrected chi connectivity index (χ2v) is 16.6. The van der Waals surface area contributed by atoms with Crippen LogP contribution in [0, 0.1) is 5.92 Å². The summed E-state index contributed by atoms with van der Waals surface area (Å²) in [5, 5.41) is 2.32. The number of hydrogen-bond donors (Lipinski definition) is 0. The third-order valence-electron chi connectivity index (χ3n) is 8.75. The first-order valence-electron chi connectivity index (χ1n) is 14.7. The van der Waals surface area contributed by atoms with E-state index < -0.39 is 8.32 Å². The zero-order valence-corrected chi connectivity index (χ0v) is 25.1. The van der Waals surface area contributed by atoms with Crippen LogP contribution in [0.15, 0.2) is 121 Å². The molecule has 4 nitrogen and oxygen atoms in total. The molecule has 0 aliphatic carbocycles. The van der Waals surface area contributed by atoms with Gasteiger partial charge in [-0.05, 0) is 33.0 Å². The average Bonchev–Trinajstić information content (AvgIpc) is 3.50. The van der Waals surface area contributed by atoms with Gasteiger partial charge in [0.2, 0.25) is 5.91 Å². The van der Waals surface area contributed by atoms with Crippen molar-refractivity contribution < 1.29 is 14.0 Å². The van der Waals surface area contributed by atoms with Crippen molar-refractivity contribution in [2.75, 3.05) is 6.61 Å².